The minimum absolute atomic E-state index is 0.0110. The smallest absolute Gasteiger partial charge is 0.255 e. The fourth-order valence-electron chi connectivity index (χ4n) is 4.63. The van der Waals surface area contributed by atoms with Crippen molar-refractivity contribution in [3.8, 4) is 5.75 Å². The quantitative estimate of drug-likeness (QED) is 0.666. The van der Waals surface area contributed by atoms with Gasteiger partial charge in [0.05, 0.1) is 13.7 Å². The maximum absolute atomic E-state index is 13.1. The lowest BCUT2D eigenvalue weighted by Gasteiger charge is -2.45. The standard InChI is InChI=1S/C25H26N4O4/c1-32-20-9-5-8-19(16-20)27-22(30)21-17-29-15-12-26-24(29)25(33-21)10-13-28(14-11-25)23(31)18-6-3-2-4-7-18/h2-9,12,15-16,21H,10-11,13-14,17H2,1H3,(H,27,30)/t21-/m0/s1. The van der Waals surface area contributed by atoms with Crippen LogP contribution in [-0.4, -0.2) is 52.6 Å². The first-order chi connectivity index (χ1) is 16.1. The number of nitrogens with zero attached hydrogens (tertiary/aromatic N) is 3. The minimum Gasteiger partial charge on any atom is -0.497 e. The van der Waals surface area contributed by atoms with Crippen molar-refractivity contribution in [1.29, 1.82) is 0 Å². The molecule has 1 aromatic heterocycles. The average molecular weight is 447 g/mol. The molecule has 0 unspecified atom stereocenters. The van der Waals surface area contributed by atoms with Crippen molar-refractivity contribution in [2.45, 2.75) is 31.1 Å². The number of carbonyl (C=O) groups excluding carboxylic acids is 2. The highest BCUT2D eigenvalue weighted by molar-refractivity contribution is 5.95. The molecular formula is C25H26N4O4. The van der Waals surface area contributed by atoms with Gasteiger partial charge >= 0.3 is 0 Å². The number of piperidine rings is 1. The molecule has 1 N–H and O–H groups in total. The predicted molar refractivity (Wildman–Crippen MR) is 122 cm³/mol. The summed E-state index contributed by atoms with van der Waals surface area (Å²) in [6, 6.07) is 16.5. The molecule has 8 nitrogen and oxygen atoms in total. The molecule has 1 atom stereocenters. The summed E-state index contributed by atoms with van der Waals surface area (Å²) in [7, 11) is 1.59. The van der Waals surface area contributed by atoms with E-state index in [2.05, 4.69) is 10.3 Å². The predicted octanol–water partition coefficient (Wildman–Crippen LogP) is 3.06. The van der Waals surface area contributed by atoms with Crippen LogP contribution in [0.1, 0.15) is 29.0 Å². The molecule has 8 heteroatoms. The Morgan fingerprint density at radius 2 is 1.91 bits per heavy atom. The number of nitrogens with one attached hydrogen (secondary N) is 1. The van der Waals surface area contributed by atoms with E-state index in [1.54, 1.807) is 19.4 Å². The molecule has 0 saturated carbocycles. The van der Waals surface area contributed by atoms with E-state index in [9.17, 15) is 9.59 Å². The Bertz CT molecular complexity index is 1150. The van der Waals surface area contributed by atoms with Crippen LogP contribution < -0.4 is 10.1 Å². The van der Waals surface area contributed by atoms with Gasteiger partial charge < -0.3 is 24.3 Å². The minimum atomic E-state index is -0.703. The maximum atomic E-state index is 13.1. The zero-order valence-electron chi connectivity index (χ0n) is 18.4. The summed E-state index contributed by atoms with van der Waals surface area (Å²) in [6.07, 6.45) is 4.10. The van der Waals surface area contributed by atoms with Gasteiger partial charge in [-0.25, -0.2) is 4.98 Å². The fourth-order valence-corrected chi connectivity index (χ4v) is 4.63. The summed E-state index contributed by atoms with van der Waals surface area (Å²) in [4.78, 5) is 32.4. The molecule has 2 aromatic carbocycles. The number of fused-ring (bicyclic) bond motifs is 2. The van der Waals surface area contributed by atoms with Gasteiger partial charge in [-0.05, 0) is 24.3 Å². The summed E-state index contributed by atoms with van der Waals surface area (Å²) in [5, 5.41) is 2.94. The SMILES string of the molecule is COc1cccc(NC(=O)[C@@H]2Cn3ccnc3C3(CCN(C(=O)c4ccccc4)CC3)O2)c1. The van der Waals surface area contributed by atoms with Gasteiger partial charge in [-0.1, -0.05) is 24.3 Å². The van der Waals surface area contributed by atoms with Crippen molar-refractivity contribution < 1.29 is 19.1 Å². The molecule has 3 aromatic rings. The first-order valence-corrected chi connectivity index (χ1v) is 11.1. The monoisotopic (exact) mass is 446 g/mol. The zero-order chi connectivity index (χ0) is 22.8. The number of hydrogen-bond donors (Lipinski definition) is 1. The Hall–Kier alpha value is -3.65. The van der Waals surface area contributed by atoms with Crippen LogP contribution in [0.2, 0.25) is 0 Å². The van der Waals surface area contributed by atoms with Gasteiger partial charge in [0.15, 0.2) is 6.10 Å². The third-order valence-corrected chi connectivity index (χ3v) is 6.36. The average Bonchev–Trinajstić information content (AvgIpc) is 3.35. The third kappa shape index (κ3) is 4.09. The van der Waals surface area contributed by atoms with E-state index in [0.29, 0.717) is 49.5 Å². The molecule has 2 amide bonds. The van der Waals surface area contributed by atoms with Crippen LogP contribution in [0, 0.1) is 0 Å². The Kier molecular flexibility index (Phi) is 5.60. The normalized spacial score (nSPS) is 19.1. The number of imidazole rings is 1. The summed E-state index contributed by atoms with van der Waals surface area (Å²) >= 11 is 0. The highest BCUT2D eigenvalue weighted by Crippen LogP contribution is 2.40. The molecule has 5 rings (SSSR count). The van der Waals surface area contributed by atoms with Crippen LogP contribution in [0.3, 0.4) is 0 Å². The Labute approximate surface area is 192 Å². The second-order valence-corrected chi connectivity index (χ2v) is 8.38. The lowest BCUT2D eigenvalue weighted by Crippen LogP contribution is -2.54. The molecule has 3 heterocycles. The molecule has 1 fully saturated rings. The van der Waals surface area contributed by atoms with Crippen molar-refractivity contribution in [1.82, 2.24) is 14.5 Å². The van der Waals surface area contributed by atoms with Crippen LogP contribution in [0.15, 0.2) is 67.0 Å². The second-order valence-electron chi connectivity index (χ2n) is 8.38. The van der Waals surface area contributed by atoms with Crippen molar-refractivity contribution in [3.63, 3.8) is 0 Å². The van der Waals surface area contributed by atoms with Crippen molar-refractivity contribution >= 4 is 17.5 Å². The van der Waals surface area contributed by atoms with Crippen LogP contribution >= 0.6 is 0 Å². The molecule has 33 heavy (non-hydrogen) atoms. The number of aromatic nitrogens is 2. The summed E-state index contributed by atoms with van der Waals surface area (Å²) in [5.74, 6) is 1.28. The van der Waals surface area contributed by atoms with E-state index in [1.165, 1.54) is 0 Å². The number of rotatable bonds is 4. The highest BCUT2D eigenvalue weighted by Gasteiger charge is 2.47. The van der Waals surface area contributed by atoms with Gasteiger partial charge in [0.25, 0.3) is 11.8 Å². The van der Waals surface area contributed by atoms with Crippen molar-refractivity contribution in [2.75, 3.05) is 25.5 Å². The first kappa shape index (κ1) is 21.2. The molecule has 0 bridgehead atoms. The molecule has 170 valence electrons. The number of anilines is 1. The number of benzene rings is 2. The van der Waals surface area contributed by atoms with Gasteiger partial charge in [0, 0.05) is 55.6 Å². The second kappa shape index (κ2) is 8.71. The lowest BCUT2D eigenvalue weighted by molar-refractivity contribution is -0.168. The molecule has 2 aliphatic rings. The Morgan fingerprint density at radius 1 is 1.12 bits per heavy atom. The summed E-state index contributed by atoms with van der Waals surface area (Å²) in [6.45, 7) is 1.45. The molecule has 0 radical (unpaired) electrons. The van der Waals surface area contributed by atoms with E-state index in [-0.39, 0.29) is 11.8 Å². The van der Waals surface area contributed by atoms with Crippen molar-refractivity contribution in [2.24, 2.45) is 0 Å². The highest BCUT2D eigenvalue weighted by atomic mass is 16.5. The molecule has 1 saturated heterocycles. The Morgan fingerprint density at radius 3 is 2.67 bits per heavy atom. The van der Waals surface area contributed by atoms with Crippen LogP contribution in [0.5, 0.6) is 5.75 Å². The Balaban J connectivity index is 1.32. The lowest BCUT2D eigenvalue weighted by atomic mass is 9.88. The number of hydrogen-bond acceptors (Lipinski definition) is 5. The van der Waals surface area contributed by atoms with Gasteiger partial charge in [0.2, 0.25) is 0 Å². The fraction of sp³-hybridized carbons (Fsp3) is 0.320. The summed E-state index contributed by atoms with van der Waals surface area (Å²) in [5.41, 5.74) is 0.623. The number of methoxy groups -OCH3 is 1. The van der Waals surface area contributed by atoms with Gasteiger partial charge in [-0.3, -0.25) is 9.59 Å². The van der Waals surface area contributed by atoms with E-state index >= 15 is 0 Å². The number of ether oxygens (including phenoxy) is 2. The van der Waals surface area contributed by atoms with Crippen LogP contribution in [0.4, 0.5) is 5.69 Å². The van der Waals surface area contributed by atoms with E-state index in [1.807, 2.05) is 64.2 Å². The van der Waals surface area contributed by atoms with Gasteiger partial charge in [-0.15, -0.1) is 0 Å². The largest absolute Gasteiger partial charge is 0.497 e. The van der Waals surface area contributed by atoms with E-state index < -0.39 is 11.7 Å². The molecular weight excluding hydrogens is 420 g/mol. The molecule has 1 spiro atoms. The first-order valence-electron chi connectivity index (χ1n) is 11.1. The van der Waals surface area contributed by atoms with Crippen LogP contribution in [-0.2, 0) is 21.7 Å². The molecule has 0 aliphatic carbocycles. The third-order valence-electron chi connectivity index (χ3n) is 6.36. The number of likely N-dealkylation sites (tertiary alicyclic amines) is 1. The number of carbonyl (C=O) groups is 2. The number of amides is 2. The van der Waals surface area contributed by atoms with Gasteiger partial charge in [-0.2, -0.15) is 0 Å². The topological polar surface area (TPSA) is 85.7 Å². The maximum Gasteiger partial charge on any atom is 0.255 e. The van der Waals surface area contributed by atoms with Gasteiger partial charge in [0.1, 0.15) is 17.2 Å². The van der Waals surface area contributed by atoms with E-state index in [0.717, 1.165) is 5.82 Å². The van der Waals surface area contributed by atoms with Crippen molar-refractivity contribution in [3.05, 3.63) is 78.4 Å². The summed E-state index contributed by atoms with van der Waals surface area (Å²) < 4.78 is 13.7. The zero-order valence-corrected chi connectivity index (χ0v) is 18.4. The molecule has 2 aliphatic heterocycles. The van der Waals surface area contributed by atoms with E-state index in [4.69, 9.17) is 9.47 Å². The van der Waals surface area contributed by atoms with Crippen LogP contribution in [0.25, 0.3) is 0 Å².